The van der Waals surface area contributed by atoms with Crippen molar-refractivity contribution in [2.75, 3.05) is 33.8 Å². The van der Waals surface area contributed by atoms with E-state index in [0.29, 0.717) is 37.4 Å². The van der Waals surface area contributed by atoms with Gasteiger partial charge in [0.2, 0.25) is 5.91 Å². The number of amides is 1. The molecule has 0 radical (unpaired) electrons. The summed E-state index contributed by atoms with van der Waals surface area (Å²) < 4.78 is 46.0. The summed E-state index contributed by atoms with van der Waals surface area (Å²) >= 11 is 0. The Bertz CT molecular complexity index is 1440. The Labute approximate surface area is 239 Å². The Kier molecular flexibility index (Phi) is 9.55. The van der Waals surface area contributed by atoms with Crippen LogP contribution in [0.3, 0.4) is 0 Å². The number of likely N-dealkylation sites (N-methyl/N-ethyl adjacent to an activating group) is 1. The molecule has 0 aliphatic heterocycles. The van der Waals surface area contributed by atoms with Gasteiger partial charge in [-0.2, -0.15) is 13.2 Å². The van der Waals surface area contributed by atoms with Gasteiger partial charge in [0.15, 0.2) is 0 Å². The van der Waals surface area contributed by atoms with Gasteiger partial charge in [-0.3, -0.25) is 4.79 Å². The monoisotopic (exact) mass is 564 g/mol. The molecule has 41 heavy (non-hydrogen) atoms. The van der Waals surface area contributed by atoms with Gasteiger partial charge in [-0.1, -0.05) is 30.3 Å². The lowest BCUT2D eigenvalue weighted by Gasteiger charge is -2.19. The Balaban J connectivity index is 1.58. The second-order valence-corrected chi connectivity index (χ2v) is 10.3. The van der Waals surface area contributed by atoms with E-state index in [2.05, 4.69) is 5.32 Å². The van der Waals surface area contributed by atoms with Crippen molar-refractivity contribution in [1.82, 2.24) is 10.2 Å². The standard InChI is InChI=1S/C33H35F3N2O3/c1-22-20-25(33(34,35)36)11-15-28(22)30-7-4-6-24-21-26(39)12-16-29(24)32(30)23-9-13-27(14-10-23)41-19-18-37-17-5-8-31(40)38(2)3/h5,8-16,20-21,37,39H,4,6-7,17-19H2,1-3H3/b8-5+. The molecule has 0 aromatic heterocycles. The molecule has 3 aromatic rings. The lowest BCUT2D eigenvalue weighted by atomic mass is 9.86. The first-order valence-electron chi connectivity index (χ1n) is 13.6. The van der Waals surface area contributed by atoms with Gasteiger partial charge in [-0.15, -0.1) is 0 Å². The number of phenols is 1. The molecular weight excluding hydrogens is 529 g/mol. The number of ether oxygens (including phenoxy) is 1. The molecule has 0 fully saturated rings. The van der Waals surface area contributed by atoms with Crippen LogP contribution in [0.1, 0.15) is 46.2 Å². The lowest BCUT2D eigenvalue weighted by Crippen LogP contribution is -2.22. The third kappa shape index (κ3) is 7.58. The summed E-state index contributed by atoms with van der Waals surface area (Å²) in [7, 11) is 3.40. The number of hydrogen-bond donors (Lipinski definition) is 2. The summed E-state index contributed by atoms with van der Waals surface area (Å²) in [5.41, 5.74) is 5.54. The third-order valence-corrected chi connectivity index (χ3v) is 7.07. The Morgan fingerprint density at radius 3 is 2.44 bits per heavy atom. The number of fused-ring (bicyclic) bond motifs is 1. The smallest absolute Gasteiger partial charge is 0.416 e. The van der Waals surface area contributed by atoms with E-state index < -0.39 is 11.7 Å². The Morgan fingerprint density at radius 1 is 1.02 bits per heavy atom. The number of nitrogens with one attached hydrogen (secondary N) is 1. The van der Waals surface area contributed by atoms with Gasteiger partial charge in [-0.05, 0) is 102 Å². The number of aromatic hydroxyl groups is 1. The fraction of sp³-hybridized carbons (Fsp3) is 0.303. The minimum Gasteiger partial charge on any atom is -0.508 e. The molecule has 8 heteroatoms. The molecule has 0 unspecified atom stereocenters. The summed E-state index contributed by atoms with van der Waals surface area (Å²) in [6.07, 6.45) is 1.14. The number of aryl methyl sites for hydroxylation is 2. The number of nitrogens with zero attached hydrogens (tertiary/aromatic N) is 1. The molecule has 4 rings (SSSR count). The van der Waals surface area contributed by atoms with Crippen LogP contribution in [0.4, 0.5) is 13.2 Å². The van der Waals surface area contributed by atoms with Crippen molar-refractivity contribution in [3.8, 4) is 11.5 Å². The maximum Gasteiger partial charge on any atom is 0.416 e. The molecule has 1 aliphatic carbocycles. The first-order valence-corrected chi connectivity index (χ1v) is 13.6. The van der Waals surface area contributed by atoms with Crippen LogP contribution in [0, 0.1) is 6.92 Å². The van der Waals surface area contributed by atoms with Crippen LogP contribution in [0.2, 0.25) is 0 Å². The van der Waals surface area contributed by atoms with Crippen molar-refractivity contribution in [2.24, 2.45) is 0 Å². The number of allylic oxidation sites excluding steroid dienone is 1. The highest BCUT2D eigenvalue weighted by atomic mass is 19.4. The van der Waals surface area contributed by atoms with Gasteiger partial charge in [-0.25, -0.2) is 0 Å². The molecule has 0 bridgehead atoms. The number of alkyl halides is 3. The number of benzene rings is 3. The number of carbonyl (C=O) groups is 1. The summed E-state index contributed by atoms with van der Waals surface area (Å²) in [4.78, 5) is 13.1. The van der Waals surface area contributed by atoms with Crippen LogP contribution in [0.5, 0.6) is 11.5 Å². The van der Waals surface area contributed by atoms with E-state index in [-0.39, 0.29) is 11.7 Å². The number of phenolic OH excluding ortho intramolecular Hbond substituents is 1. The maximum absolute atomic E-state index is 13.4. The molecule has 3 aromatic carbocycles. The van der Waals surface area contributed by atoms with Crippen LogP contribution in [0.25, 0.3) is 11.1 Å². The van der Waals surface area contributed by atoms with Gasteiger partial charge in [0.1, 0.15) is 18.1 Å². The van der Waals surface area contributed by atoms with Crippen molar-refractivity contribution in [3.05, 3.63) is 106 Å². The molecule has 5 nitrogen and oxygen atoms in total. The molecule has 0 heterocycles. The average molecular weight is 565 g/mol. The van der Waals surface area contributed by atoms with E-state index in [0.717, 1.165) is 52.3 Å². The second-order valence-electron chi connectivity index (χ2n) is 10.3. The number of carbonyl (C=O) groups excluding carboxylic acids is 1. The van der Waals surface area contributed by atoms with E-state index in [1.54, 1.807) is 45.3 Å². The van der Waals surface area contributed by atoms with Gasteiger partial charge < -0.3 is 20.1 Å². The highest BCUT2D eigenvalue weighted by Gasteiger charge is 2.31. The predicted octanol–water partition coefficient (Wildman–Crippen LogP) is 6.63. The number of rotatable bonds is 9. The van der Waals surface area contributed by atoms with E-state index in [1.165, 1.54) is 17.0 Å². The second kappa shape index (κ2) is 13.1. The van der Waals surface area contributed by atoms with E-state index in [9.17, 15) is 23.1 Å². The maximum atomic E-state index is 13.4. The molecular formula is C33H35F3N2O3. The molecule has 2 N–H and O–H groups in total. The van der Waals surface area contributed by atoms with Crippen LogP contribution >= 0.6 is 0 Å². The molecule has 0 atom stereocenters. The first-order chi connectivity index (χ1) is 19.5. The molecule has 0 saturated heterocycles. The Morgan fingerprint density at radius 2 is 1.76 bits per heavy atom. The fourth-order valence-electron chi connectivity index (χ4n) is 5.00. The first kappa shape index (κ1) is 29.9. The zero-order valence-corrected chi connectivity index (χ0v) is 23.5. The predicted molar refractivity (Wildman–Crippen MR) is 156 cm³/mol. The van der Waals surface area contributed by atoms with Crippen LogP contribution in [0.15, 0.2) is 72.8 Å². The van der Waals surface area contributed by atoms with Gasteiger partial charge in [0.05, 0.1) is 5.56 Å². The average Bonchev–Trinajstić information content (AvgIpc) is 3.11. The fourth-order valence-corrected chi connectivity index (χ4v) is 5.00. The zero-order valence-electron chi connectivity index (χ0n) is 23.5. The van der Waals surface area contributed by atoms with Crippen LogP contribution < -0.4 is 10.1 Å². The molecule has 216 valence electrons. The zero-order chi connectivity index (χ0) is 29.6. The Hall–Kier alpha value is -4.04. The molecule has 1 aliphatic rings. The minimum absolute atomic E-state index is 0.0667. The highest BCUT2D eigenvalue weighted by molar-refractivity contribution is 6.00. The highest BCUT2D eigenvalue weighted by Crippen LogP contribution is 2.42. The van der Waals surface area contributed by atoms with E-state index in [1.807, 2.05) is 30.3 Å². The molecule has 1 amide bonds. The van der Waals surface area contributed by atoms with Crippen LogP contribution in [-0.4, -0.2) is 49.7 Å². The largest absolute Gasteiger partial charge is 0.508 e. The molecule has 0 saturated carbocycles. The summed E-state index contributed by atoms with van der Waals surface area (Å²) in [5.74, 6) is 0.818. The SMILES string of the molecule is Cc1cc(C(F)(F)F)ccc1C1=C(c2ccc(OCCNC/C=C/C(=O)N(C)C)cc2)c2ccc(O)cc2CCC1. The molecule has 0 spiro atoms. The van der Waals surface area contributed by atoms with Gasteiger partial charge in [0.25, 0.3) is 0 Å². The van der Waals surface area contributed by atoms with Crippen molar-refractivity contribution in [3.63, 3.8) is 0 Å². The summed E-state index contributed by atoms with van der Waals surface area (Å²) in [6, 6.07) is 17.0. The minimum atomic E-state index is -4.40. The van der Waals surface area contributed by atoms with E-state index >= 15 is 0 Å². The quantitative estimate of drug-likeness (QED) is 0.226. The van der Waals surface area contributed by atoms with Gasteiger partial charge >= 0.3 is 6.18 Å². The topological polar surface area (TPSA) is 61.8 Å². The van der Waals surface area contributed by atoms with Crippen molar-refractivity contribution < 1.29 is 27.8 Å². The normalized spacial score (nSPS) is 13.7. The number of halogens is 3. The van der Waals surface area contributed by atoms with Crippen molar-refractivity contribution in [1.29, 1.82) is 0 Å². The van der Waals surface area contributed by atoms with Crippen molar-refractivity contribution >= 4 is 17.1 Å². The number of hydrogen-bond acceptors (Lipinski definition) is 4. The van der Waals surface area contributed by atoms with E-state index in [4.69, 9.17) is 4.74 Å². The third-order valence-electron chi connectivity index (χ3n) is 7.07. The summed E-state index contributed by atoms with van der Waals surface area (Å²) in [6.45, 7) is 3.31. The van der Waals surface area contributed by atoms with Crippen LogP contribution in [-0.2, 0) is 17.4 Å². The lowest BCUT2D eigenvalue weighted by molar-refractivity contribution is -0.137. The van der Waals surface area contributed by atoms with Crippen molar-refractivity contribution in [2.45, 2.75) is 32.4 Å². The van der Waals surface area contributed by atoms with Gasteiger partial charge in [0, 0.05) is 33.3 Å². The summed E-state index contributed by atoms with van der Waals surface area (Å²) in [5, 5.41) is 13.3.